The molecule has 0 heterocycles. The van der Waals surface area contributed by atoms with Crippen LogP contribution in [-0.2, 0) is 6.54 Å². The van der Waals surface area contributed by atoms with Crippen molar-refractivity contribution in [3.05, 3.63) is 58.4 Å². The fourth-order valence-electron chi connectivity index (χ4n) is 1.80. The molecule has 1 N–H and O–H groups in total. The molecule has 0 bridgehead atoms. The average Bonchev–Trinajstić information content (AvgIpc) is 2.38. The van der Waals surface area contributed by atoms with Crippen molar-refractivity contribution in [1.29, 1.82) is 0 Å². The highest BCUT2D eigenvalue weighted by atomic mass is 35.5. The molecule has 0 aliphatic heterocycles. The highest BCUT2D eigenvalue weighted by Crippen LogP contribution is 2.33. The number of benzene rings is 2. The summed E-state index contributed by atoms with van der Waals surface area (Å²) in [6.07, 6.45) is 0. The molecule has 2 aromatic rings. The van der Waals surface area contributed by atoms with Crippen molar-refractivity contribution in [3.8, 4) is 11.5 Å². The first-order valence-electron chi connectivity index (χ1n) is 5.98. The second kappa shape index (κ2) is 6.04. The molecule has 4 heteroatoms. The van der Waals surface area contributed by atoms with Gasteiger partial charge in [-0.1, -0.05) is 23.7 Å². The molecule has 0 radical (unpaired) electrons. The molecular weight excluding hydrogens is 265 g/mol. The molecule has 0 unspecified atom stereocenters. The van der Waals surface area contributed by atoms with Crippen LogP contribution in [0.5, 0.6) is 11.5 Å². The standard InChI is InChI=1S/C15H15ClFNO/c1-10-8-12(6-7-14(10)17)19-15-11(9-18-2)4-3-5-13(15)16/h3-8,18H,9H2,1-2H3. The Morgan fingerprint density at radius 3 is 2.74 bits per heavy atom. The molecule has 0 aliphatic carbocycles. The lowest BCUT2D eigenvalue weighted by molar-refractivity contribution is 0.472. The van der Waals surface area contributed by atoms with Crippen molar-refractivity contribution in [2.24, 2.45) is 0 Å². The first kappa shape index (κ1) is 13.8. The van der Waals surface area contributed by atoms with Gasteiger partial charge in [0, 0.05) is 12.1 Å². The number of nitrogens with one attached hydrogen (secondary N) is 1. The van der Waals surface area contributed by atoms with Gasteiger partial charge in [0.1, 0.15) is 17.3 Å². The van der Waals surface area contributed by atoms with Crippen molar-refractivity contribution in [2.45, 2.75) is 13.5 Å². The summed E-state index contributed by atoms with van der Waals surface area (Å²) in [6, 6.07) is 10.2. The maximum Gasteiger partial charge on any atom is 0.150 e. The largest absolute Gasteiger partial charge is 0.455 e. The van der Waals surface area contributed by atoms with Crippen LogP contribution in [0.2, 0.25) is 5.02 Å². The van der Waals surface area contributed by atoms with Gasteiger partial charge in [-0.2, -0.15) is 0 Å². The molecule has 0 aromatic heterocycles. The second-order valence-electron chi connectivity index (χ2n) is 4.27. The zero-order valence-corrected chi connectivity index (χ0v) is 11.6. The van der Waals surface area contributed by atoms with Crippen LogP contribution >= 0.6 is 11.6 Å². The Morgan fingerprint density at radius 1 is 1.26 bits per heavy atom. The lowest BCUT2D eigenvalue weighted by Gasteiger charge is -2.13. The van der Waals surface area contributed by atoms with E-state index in [1.165, 1.54) is 6.07 Å². The van der Waals surface area contributed by atoms with E-state index in [-0.39, 0.29) is 5.82 Å². The summed E-state index contributed by atoms with van der Waals surface area (Å²) in [4.78, 5) is 0. The quantitative estimate of drug-likeness (QED) is 0.901. The van der Waals surface area contributed by atoms with E-state index in [0.29, 0.717) is 28.6 Å². The van der Waals surface area contributed by atoms with Crippen molar-refractivity contribution < 1.29 is 9.13 Å². The summed E-state index contributed by atoms with van der Waals surface area (Å²) in [5.74, 6) is 0.927. The topological polar surface area (TPSA) is 21.3 Å². The van der Waals surface area contributed by atoms with Crippen LogP contribution in [-0.4, -0.2) is 7.05 Å². The third-order valence-corrected chi connectivity index (χ3v) is 3.06. The van der Waals surface area contributed by atoms with Gasteiger partial charge in [0.05, 0.1) is 5.02 Å². The van der Waals surface area contributed by atoms with E-state index in [1.54, 1.807) is 25.1 Å². The molecule has 0 saturated heterocycles. The number of aryl methyl sites for hydroxylation is 1. The lowest BCUT2D eigenvalue weighted by atomic mass is 10.2. The van der Waals surface area contributed by atoms with Crippen LogP contribution in [0.25, 0.3) is 0 Å². The monoisotopic (exact) mass is 279 g/mol. The fraction of sp³-hybridized carbons (Fsp3) is 0.200. The molecule has 0 spiro atoms. The normalized spacial score (nSPS) is 10.5. The average molecular weight is 280 g/mol. The Hall–Kier alpha value is -1.58. The van der Waals surface area contributed by atoms with Crippen LogP contribution in [0.3, 0.4) is 0 Å². The molecule has 19 heavy (non-hydrogen) atoms. The van der Waals surface area contributed by atoms with Crippen molar-refractivity contribution >= 4 is 11.6 Å². The summed E-state index contributed by atoms with van der Waals surface area (Å²) in [5, 5.41) is 3.60. The zero-order valence-electron chi connectivity index (χ0n) is 10.8. The van der Waals surface area contributed by atoms with E-state index >= 15 is 0 Å². The van der Waals surface area contributed by atoms with Gasteiger partial charge in [0.15, 0.2) is 0 Å². The van der Waals surface area contributed by atoms with Gasteiger partial charge in [-0.3, -0.25) is 0 Å². The van der Waals surface area contributed by atoms with E-state index in [1.807, 2.05) is 19.2 Å². The predicted octanol–water partition coefficient (Wildman–Crippen LogP) is 4.30. The molecule has 2 rings (SSSR count). The van der Waals surface area contributed by atoms with Crippen LogP contribution < -0.4 is 10.1 Å². The highest BCUT2D eigenvalue weighted by molar-refractivity contribution is 6.32. The zero-order chi connectivity index (χ0) is 13.8. The first-order valence-corrected chi connectivity index (χ1v) is 6.35. The number of para-hydroxylation sites is 1. The number of hydrogen-bond acceptors (Lipinski definition) is 2. The second-order valence-corrected chi connectivity index (χ2v) is 4.68. The summed E-state index contributed by atoms with van der Waals surface area (Å²) in [7, 11) is 1.85. The van der Waals surface area contributed by atoms with Crippen molar-refractivity contribution in [1.82, 2.24) is 5.32 Å². The molecule has 100 valence electrons. The predicted molar refractivity (Wildman–Crippen MR) is 75.4 cm³/mol. The lowest BCUT2D eigenvalue weighted by Crippen LogP contribution is -2.06. The smallest absolute Gasteiger partial charge is 0.150 e. The first-order chi connectivity index (χ1) is 9.11. The number of ether oxygens (including phenoxy) is 1. The molecule has 0 aliphatic rings. The Kier molecular flexibility index (Phi) is 4.40. The SMILES string of the molecule is CNCc1cccc(Cl)c1Oc1ccc(F)c(C)c1. The minimum Gasteiger partial charge on any atom is -0.455 e. The third-order valence-electron chi connectivity index (χ3n) is 2.77. The Morgan fingerprint density at radius 2 is 2.05 bits per heavy atom. The van der Waals surface area contributed by atoms with Crippen LogP contribution in [0.1, 0.15) is 11.1 Å². The minimum atomic E-state index is -0.248. The van der Waals surface area contributed by atoms with Gasteiger partial charge in [0.2, 0.25) is 0 Å². The fourth-order valence-corrected chi connectivity index (χ4v) is 2.03. The Balaban J connectivity index is 2.34. The van der Waals surface area contributed by atoms with Crippen LogP contribution in [0.15, 0.2) is 36.4 Å². The van der Waals surface area contributed by atoms with Crippen molar-refractivity contribution in [2.75, 3.05) is 7.05 Å². The van der Waals surface area contributed by atoms with Gasteiger partial charge < -0.3 is 10.1 Å². The molecule has 2 nitrogen and oxygen atoms in total. The number of halogens is 2. The molecule has 0 saturated carbocycles. The van der Waals surface area contributed by atoms with Crippen LogP contribution in [0, 0.1) is 12.7 Å². The van der Waals surface area contributed by atoms with Crippen LogP contribution in [0.4, 0.5) is 4.39 Å². The maximum atomic E-state index is 13.2. The molecule has 0 amide bonds. The van der Waals surface area contributed by atoms with E-state index in [9.17, 15) is 4.39 Å². The van der Waals surface area contributed by atoms with Gasteiger partial charge >= 0.3 is 0 Å². The van der Waals surface area contributed by atoms with Gasteiger partial charge in [-0.15, -0.1) is 0 Å². The molecule has 0 fully saturated rings. The van der Waals surface area contributed by atoms with E-state index in [0.717, 1.165) is 5.56 Å². The Labute approximate surface area is 117 Å². The Bertz CT molecular complexity index is 586. The number of rotatable bonds is 4. The van der Waals surface area contributed by atoms with E-state index in [2.05, 4.69) is 5.32 Å². The molecular formula is C15H15ClFNO. The van der Waals surface area contributed by atoms with Gasteiger partial charge in [-0.05, 0) is 43.8 Å². The van der Waals surface area contributed by atoms with E-state index < -0.39 is 0 Å². The maximum absolute atomic E-state index is 13.2. The van der Waals surface area contributed by atoms with Gasteiger partial charge in [0.25, 0.3) is 0 Å². The molecule has 0 atom stereocenters. The van der Waals surface area contributed by atoms with Gasteiger partial charge in [-0.25, -0.2) is 4.39 Å². The summed E-state index contributed by atoms with van der Waals surface area (Å²) >= 11 is 6.16. The summed E-state index contributed by atoms with van der Waals surface area (Å²) in [5.41, 5.74) is 1.50. The highest BCUT2D eigenvalue weighted by Gasteiger charge is 2.10. The molecule has 2 aromatic carbocycles. The third kappa shape index (κ3) is 3.25. The van der Waals surface area contributed by atoms with E-state index in [4.69, 9.17) is 16.3 Å². The number of hydrogen-bond donors (Lipinski definition) is 1. The summed E-state index contributed by atoms with van der Waals surface area (Å²) < 4.78 is 19.0. The van der Waals surface area contributed by atoms with Crippen molar-refractivity contribution in [3.63, 3.8) is 0 Å². The summed E-state index contributed by atoms with van der Waals surface area (Å²) in [6.45, 7) is 2.35. The minimum absolute atomic E-state index is 0.248.